The van der Waals surface area contributed by atoms with Crippen LogP contribution in [0.3, 0.4) is 0 Å². The third kappa shape index (κ3) is 2.64. The summed E-state index contributed by atoms with van der Waals surface area (Å²) in [6.07, 6.45) is 6.21. The van der Waals surface area contributed by atoms with E-state index in [9.17, 15) is 0 Å². The number of hydrogen-bond donors (Lipinski definition) is 0. The van der Waals surface area contributed by atoms with E-state index in [-0.39, 0.29) is 5.60 Å². The zero-order chi connectivity index (χ0) is 13.5. The van der Waals surface area contributed by atoms with E-state index in [4.69, 9.17) is 4.74 Å². The van der Waals surface area contributed by atoms with Crippen molar-refractivity contribution >= 4 is 0 Å². The summed E-state index contributed by atoms with van der Waals surface area (Å²) in [5, 5.41) is 0. The SMILES string of the molecule is CN1CCCCC1c1ccc2c(c1)OC(C)(C)CC2. The van der Waals surface area contributed by atoms with Crippen LogP contribution < -0.4 is 4.74 Å². The smallest absolute Gasteiger partial charge is 0.123 e. The van der Waals surface area contributed by atoms with Gasteiger partial charge in [0.15, 0.2) is 0 Å². The number of benzene rings is 1. The lowest BCUT2D eigenvalue weighted by molar-refractivity contribution is 0.0841. The van der Waals surface area contributed by atoms with Gasteiger partial charge in [-0.1, -0.05) is 18.6 Å². The van der Waals surface area contributed by atoms with Crippen LogP contribution in [0.4, 0.5) is 0 Å². The zero-order valence-electron chi connectivity index (χ0n) is 12.4. The minimum absolute atomic E-state index is 0.00983. The minimum Gasteiger partial charge on any atom is -0.488 e. The van der Waals surface area contributed by atoms with Crippen LogP contribution >= 0.6 is 0 Å². The molecule has 1 saturated heterocycles. The van der Waals surface area contributed by atoms with Crippen LogP contribution in [-0.4, -0.2) is 24.1 Å². The van der Waals surface area contributed by atoms with Crippen molar-refractivity contribution in [2.45, 2.75) is 57.6 Å². The van der Waals surface area contributed by atoms with Crippen LogP contribution in [0, 0.1) is 0 Å². The molecule has 104 valence electrons. The minimum atomic E-state index is -0.00983. The Hall–Kier alpha value is -1.02. The lowest BCUT2D eigenvalue weighted by atomic mass is 9.90. The van der Waals surface area contributed by atoms with Crippen molar-refractivity contribution in [3.05, 3.63) is 29.3 Å². The Bertz CT molecular complexity index is 466. The molecule has 0 spiro atoms. The van der Waals surface area contributed by atoms with Crippen LogP contribution in [0.15, 0.2) is 18.2 Å². The standard InChI is InChI=1S/C17H25NO/c1-17(2)10-9-13-7-8-14(12-16(13)19-17)15-6-4-5-11-18(15)3/h7-8,12,15H,4-6,9-11H2,1-3H3. The molecule has 1 aromatic carbocycles. The molecule has 2 nitrogen and oxygen atoms in total. The first-order valence-corrected chi connectivity index (χ1v) is 7.57. The number of aryl methyl sites for hydroxylation is 1. The molecule has 2 aliphatic rings. The fourth-order valence-corrected chi connectivity index (χ4v) is 3.36. The van der Waals surface area contributed by atoms with Crippen LogP contribution in [0.1, 0.15) is 56.7 Å². The summed E-state index contributed by atoms with van der Waals surface area (Å²) >= 11 is 0. The molecule has 19 heavy (non-hydrogen) atoms. The van der Waals surface area contributed by atoms with Crippen molar-refractivity contribution in [2.75, 3.05) is 13.6 Å². The number of fused-ring (bicyclic) bond motifs is 1. The molecule has 0 radical (unpaired) electrons. The third-order valence-electron chi connectivity index (χ3n) is 4.63. The van der Waals surface area contributed by atoms with Crippen LogP contribution in [0.25, 0.3) is 0 Å². The monoisotopic (exact) mass is 259 g/mol. The molecule has 0 bridgehead atoms. The summed E-state index contributed by atoms with van der Waals surface area (Å²) in [6.45, 7) is 5.60. The Morgan fingerprint density at radius 1 is 1.26 bits per heavy atom. The van der Waals surface area contributed by atoms with E-state index in [0.29, 0.717) is 6.04 Å². The van der Waals surface area contributed by atoms with Gasteiger partial charge < -0.3 is 4.74 Å². The molecule has 0 aromatic heterocycles. The first-order valence-electron chi connectivity index (χ1n) is 7.57. The average Bonchev–Trinajstić information content (AvgIpc) is 2.37. The van der Waals surface area contributed by atoms with Crippen molar-refractivity contribution in [3.8, 4) is 5.75 Å². The first kappa shape index (κ1) is 13.0. The van der Waals surface area contributed by atoms with Gasteiger partial charge in [-0.05, 0) is 70.3 Å². The van der Waals surface area contributed by atoms with Gasteiger partial charge in [0, 0.05) is 6.04 Å². The zero-order valence-corrected chi connectivity index (χ0v) is 12.4. The predicted molar refractivity (Wildman–Crippen MR) is 78.7 cm³/mol. The molecule has 0 saturated carbocycles. The summed E-state index contributed by atoms with van der Waals surface area (Å²) in [6, 6.07) is 7.46. The van der Waals surface area contributed by atoms with E-state index in [0.717, 1.165) is 18.6 Å². The Balaban J connectivity index is 1.88. The van der Waals surface area contributed by atoms with E-state index >= 15 is 0 Å². The van der Waals surface area contributed by atoms with Crippen molar-refractivity contribution in [1.29, 1.82) is 0 Å². The number of nitrogens with zero attached hydrogens (tertiary/aromatic N) is 1. The maximum Gasteiger partial charge on any atom is 0.123 e. The van der Waals surface area contributed by atoms with Gasteiger partial charge in [-0.25, -0.2) is 0 Å². The molecule has 0 aliphatic carbocycles. The van der Waals surface area contributed by atoms with Crippen molar-refractivity contribution in [1.82, 2.24) is 4.90 Å². The second-order valence-corrected chi connectivity index (χ2v) is 6.72. The molecule has 1 atom stereocenters. The fraction of sp³-hybridized carbons (Fsp3) is 0.647. The molecule has 2 aliphatic heterocycles. The van der Waals surface area contributed by atoms with Crippen LogP contribution in [0.2, 0.25) is 0 Å². The van der Waals surface area contributed by atoms with Gasteiger partial charge in [0.25, 0.3) is 0 Å². The highest BCUT2D eigenvalue weighted by molar-refractivity contribution is 5.41. The summed E-state index contributed by atoms with van der Waals surface area (Å²) in [7, 11) is 2.24. The topological polar surface area (TPSA) is 12.5 Å². The van der Waals surface area contributed by atoms with E-state index < -0.39 is 0 Å². The van der Waals surface area contributed by atoms with Gasteiger partial charge >= 0.3 is 0 Å². The number of rotatable bonds is 1. The number of piperidine rings is 1. The molecule has 0 N–H and O–H groups in total. The van der Waals surface area contributed by atoms with E-state index in [1.165, 1.54) is 36.9 Å². The molecule has 3 rings (SSSR count). The molecular formula is C17H25NO. The molecule has 1 aromatic rings. The summed E-state index contributed by atoms with van der Waals surface area (Å²) in [5.74, 6) is 1.12. The van der Waals surface area contributed by atoms with Gasteiger partial charge in [-0.3, -0.25) is 4.90 Å². The molecule has 1 unspecified atom stereocenters. The van der Waals surface area contributed by atoms with Crippen molar-refractivity contribution in [3.63, 3.8) is 0 Å². The van der Waals surface area contributed by atoms with Crippen molar-refractivity contribution in [2.24, 2.45) is 0 Å². The normalized spacial score (nSPS) is 26.6. The molecule has 0 amide bonds. The summed E-state index contributed by atoms with van der Waals surface area (Å²) < 4.78 is 6.17. The maximum atomic E-state index is 6.17. The van der Waals surface area contributed by atoms with Crippen molar-refractivity contribution < 1.29 is 4.74 Å². The highest BCUT2D eigenvalue weighted by Crippen LogP contribution is 2.37. The molecule has 2 heteroatoms. The number of likely N-dealkylation sites (tertiary alicyclic amines) is 1. The second-order valence-electron chi connectivity index (χ2n) is 6.72. The predicted octanol–water partition coefficient (Wildman–Crippen LogP) is 3.95. The van der Waals surface area contributed by atoms with E-state index in [1.54, 1.807) is 0 Å². The van der Waals surface area contributed by atoms with Gasteiger partial charge in [-0.2, -0.15) is 0 Å². The first-order chi connectivity index (χ1) is 9.05. The Morgan fingerprint density at radius 3 is 2.89 bits per heavy atom. The second kappa shape index (κ2) is 4.82. The Labute approximate surface area is 116 Å². The highest BCUT2D eigenvalue weighted by atomic mass is 16.5. The maximum absolute atomic E-state index is 6.17. The molecular weight excluding hydrogens is 234 g/mol. The van der Waals surface area contributed by atoms with Gasteiger partial charge in [0.05, 0.1) is 0 Å². The lowest BCUT2D eigenvalue weighted by Crippen LogP contribution is -2.33. The van der Waals surface area contributed by atoms with Gasteiger partial charge in [-0.15, -0.1) is 0 Å². The molecule has 2 heterocycles. The average molecular weight is 259 g/mol. The van der Waals surface area contributed by atoms with E-state index in [2.05, 4.69) is 44.0 Å². The van der Waals surface area contributed by atoms with E-state index in [1.807, 2.05) is 0 Å². The molecule has 1 fully saturated rings. The number of hydrogen-bond acceptors (Lipinski definition) is 2. The largest absolute Gasteiger partial charge is 0.488 e. The highest BCUT2D eigenvalue weighted by Gasteiger charge is 2.28. The lowest BCUT2D eigenvalue weighted by Gasteiger charge is -2.35. The Kier molecular flexibility index (Phi) is 3.30. The van der Waals surface area contributed by atoms with Gasteiger partial charge in [0.1, 0.15) is 11.4 Å². The van der Waals surface area contributed by atoms with Crippen LogP contribution in [-0.2, 0) is 6.42 Å². The quantitative estimate of drug-likeness (QED) is 0.757. The number of ether oxygens (including phenoxy) is 1. The van der Waals surface area contributed by atoms with Crippen LogP contribution in [0.5, 0.6) is 5.75 Å². The summed E-state index contributed by atoms with van der Waals surface area (Å²) in [4.78, 5) is 2.49. The summed E-state index contributed by atoms with van der Waals surface area (Å²) in [5.41, 5.74) is 2.80. The third-order valence-corrected chi connectivity index (χ3v) is 4.63. The van der Waals surface area contributed by atoms with Gasteiger partial charge in [0.2, 0.25) is 0 Å². The Morgan fingerprint density at radius 2 is 2.11 bits per heavy atom. The fourth-order valence-electron chi connectivity index (χ4n) is 3.36.